The molecule has 0 aromatic heterocycles. The number of azide groups is 1. The smallest absolute Gasteiger partial charge is 0.111 e. The normalized spacial score (nSPS) is 12.2. The van der Waals surface area contributed by atoms with Crippen molar-refractivity contribution in [3.63, 3.8) is 0 Å². The van der Waals surface area contributed by atoms with Gasteiger partial charge in [-0.2, -0.15) is 0 Å². The minimum atomic E-state index is -0.527. The SMILES string of the molecule is CCOCCOC(N)CN=[N+]=[N-]. The summed E-state index contributed by atoms with van der Waals surface area (Å²) < 4.78 is 10.0. The molecule has 1 unspecified atom stereocenters. The Bertz CT molecular complexity index is 146. The van der Waals surface area contributed by atoms with E-state index in [4.69, 9.17) is 20.7 Å². The summed E-state index contributed by atoms with van der Waals surface area (Å²) >= 11 is 0. The van der Waals surface area contributed by atoms with Crippen LogP contribution in [-0.4, -0.2) is 32.6 Å². The number of rotatable bonds is 7. The van der Waals surface area contributed by atoms with Crippen molar-refractivity contribution in [3.8, 4) is 0 Å². The highest BCUT2D eigenvalue weighted by Crippen LogP contribution is 1.85. The fourth-order valence-electron chi connectivity index (χ4n) is 0.572. The second-order valence-electron chi connectivity index (χ2n) is 2.02. The van der Waals surface area contributed by atoms with E-state index in [1.165, 1.54) is 0 Å². The molecule has 0 aromatic rings. The van der Waals surface area contributed by atoms with Gasteiger partial charge in [-0.25, -0.2) is 0 Å². The molecule has 0 amide bonds. The Hall–Kier alpha value is -0.810. The summed E-state index contributed by atoms with van der Waals surface area (Å²) in [5, 5.41) is 3.26. The molecule has 0 saturated carbocycles. The van der Waals surface area contributed by atoms with Gasteiger partial charge in [0.2, 0.25) is 0 Å². The van der Waals surface area contributed by atoms with E-state index in [1.54, 1.807) is 0 Å². The van der Waals surface area contributed by atoms with Crippen LogP contribution in [0.15, 0.2) is 5.11 Å². The maximum absolute atomic E-state index is 7.95. The molecule has 0 spiro atoms. The minimum Gasteiger partial charge on any atom is -0.379 e. The number of nitrogens with zero attached hydrogens (tertiary/aromatic N) is 3. The maximum Gasteiger partial charge on any atom is 0.111 e. The molecule has 0 aliphatic rings. The fourth-order valence-corrected chi connectivity index (χ4v) is 0.572. The van der Waals surface area contributed by atoms with Crippen molar-refractivity contribution in [1.82, 2.24) is 0 Å². The fraction of sp³-hybridized carbons (Fsp3) is 1.00. The predicted octanol–water partition coefficient (Wildman–Crippen LogP) is 0.635. The molecule has 0 fully saturated rings. The molecule has 0 aromatic carbocycles. The topological polar surface area (TPSA) is 93.2 Å². The van der Waals surface area contributed by atoms with E-state index in [0.717, 1.165) is 0 Å². The average molecular weight is 174 g/mol. The van der Waals surface area contributed by atoms with Crippen molar-refractivity contribution < 1.29 is 9.47 Å². The van der Waals surface area contributed by atoms with Crippen molar-refractivity contribution >= 4 is 0 Å². The molecule has 0 heterocycles. The zero-order chi connectivity index (χ0) is 9.23. The molecule has 0 aliphatic carbocycles. The number of hydrogen-bond donors (Lipinski definition) is 1. The first-order valence-corrected chi connectivity index (χ1v) is 3.77. The quantitative estimate of drug-likeness (QED) is 0.202. The molecular formula is C6H14N4O2. The lowest BCUT2D eigenvalue weighted by Crippen LogP contribution is -2.28. The van der Waals surface area contributed by atoms with Crippen molar-refractivity contribution in [2.45, 2.75) is 13.2 Å². The molecule has 12 heavy (non-hydrogen) atoms. The highest BCUT2D eigenvalue weighted by molar-refractivity contribution is 4.53. The Morgan fingerprint density at radius 1 is 1.58 bits per heavy atom. The molecule has 1 atom stereocenters. The summed E-state index contributed by atoms with van der Waals surface area (Å²) in [5.74, 6) is 0. The Labute approximate surface area is 71.3 Å². The van der Waals surface area contributed by atoms with E-state index < -0.39 is 6.23 Å². The number of hydrogen-bond acceptors (Lipinski definition) is 4. The van der Waals surface area contributed by atoms with Gasteiger partial charge in [0.25, 0.3) is 0 Å². The van der Waals surface area contributed by atoms with Crippen LogP contribution < -0.4 is 5.73 Å². The van der Waals surface area contributed by atoms with Crippen LogP contribution in [0.1, 0.15) is 6.92 Å². The van der Waals surface area contributed by atoms with E-state index in [0.29, 0.717) is 19.8 Å². The van der Waals surface area contributed by atoms with Crippen LogP contribution in [0.3, 0.4) is 0 Å². The summed E-state index contributed by atoms with van der Waals surface area (Å²) in [7, 11) is 0. The van der Waals surface area contributed by atoms with E-state index in [9.17, 15) is 0 Å². The van der Waals surface area contributed by atoms with Crippen molar-refractivity contribution in [2.24, 2.45) is 10.8 Å². The van der Waals surface area contributed by atoms with Crippen molar-refractivity contribution in [2.75, 3.05) is 26.4 Å². The van der Waals surface area contributed by atoms with Gasteiger partial charge in [0.15, 0.2) is 0 Å². The number of ether oxygens (including phenoxy) is 2. The second kappa shape index (κ2) is 8.29. The molecule has 0 rings (SSSR count). The monoisotopic (exact) mass is 174 g/mol. The van der Waals surface area contributed by atoms with Crippen LogP contribution in [0.4, 0.5) is 0 Å². The molecule has 6 nitrogen and oxygen atoms in total. The van der Waals surface area contributed by atoms with E-state index in [1.807, 2.05) is 6.92 Å². The van der Waals surface area contributed by atoms with Gasteiger partial charge in [-0.3, -0.25) is 0 Å². The van der Waals surface area contributed by atoms with Gasteiger partial charge < -0.3 is 15.2 Å². The maximum atomic E-state index is 7.95. The van der Waals surface area contributed by atoms with Crippen LogP contribution >= 0.6 is 0 Å². The molecule has 6 heteroatoms. The molecule has 0 saturated heterocycles. The Kier molecular flexibility index (Phi) is 7.73. The largest absolute Gasteiger partial charge is 0.379 e. The van der Waals surface area contributed by atoms with Gasteiger partial charge in [0.05, 0.1) is 19.8 Å². The van der Waals surface area contributed by atoms with Gasteiger partial charge >= 0.3 is 0 Å². The van der Waals surface area contributed by atoms with Crippen molar-refractivity contribution in [1.29, 1.82) is 0 Å². The first kappa shape index (κ1) is 11.2. The third kappa shape index (κ3) is 7.30. The Morgan fingerprint density at radius 3 is 2.92 bits per heavy atom. The van der Waals surface area contributed by atoms with Gasteiger partial charge in [-0.05, 0) is 12.5 Å². The second-order valence-corrected chi connectivity index (χ2v) is 2.02. The van der Waals surface area contributed by atoms with Gasteiger partial charge in [-0.1, -0.05) is 5.11 Å². The zero-order valence-corrected chi connectivity index (χ0v) is 7.14. The Morgan fingerprint density at radius 2 is 2.33 bits per heavy atom. The van der Waals surface area contributed by atoms with Gasteiger partial charge in [0.1, 0.15) is 6.23 Å². The lowest BCUT2D eigenvalue weighted by molar-refractivity contribution is 0.0142. The van der Waals surface area contributed by atoms with Crippen LogP contribution in [-0.2, 0) is 9.47 Å². The zero-order valence-electron chi connectivity index (χ0n) is 7.14. The molecular weight excluding hydrogens is 160 g/mol. The third-order valence-electron chi connectivity index (χ3n) is 1.09. The lowest BCUT2D eigenvalue weighted by Gasteiger charge is -2.09. The summed E-state index contributed by atoms with van der Waals surface area (Å²) in [6, 6.07) is 0. The highest BCUT2D eigenvalue weighted by Gasteiger charge is 1.98. The molecule has 0 bridgehead atoms. The predicted molar refractivity (Wildman–Crippen MR) is 44.4 cm³/mol. The van der Waals surface area contributed by atoms with Crippen LogP contribution in [0.2, 0.25) is 0 Å². The summed E-state index contributed by atoms with van der Waals surface area (Å²) in [5.41, 5.74) is 13.3. The average Bonchev–Trinajstić information content (AvgIpc) is 2.09. The van der Waals surface area contributed by atoms with Crippen LogP contribution in [0.25, 0.3) is 10.4 Å². The molecule has 2 N–H and O–H groups in total. The summed E-state index contributed by atoms with van der Waals surface area (Å²) in [6.45, 7) is 3.66. The van der Waals surface area contributed by atoms with E-state index in [2.05, 4.69) is 10.0 Å². The number of nitrogens with two attached hydrogens (primary N) is 1. The molecule has 0 radical (unpaired) electrons. The van der Waals surface area contributed by atoms with Crippen molar-refractivity contribution in [3.05, 3.63) is 10.4 Å². The van der Waals surface area contributed by atoms with Crippen LogP contribution in [0, 0.1) is 0 Å². The molecule has 0 aliphatic heterocycles. The van der Waals surface area contributed by atoms with Gasteiger partial charge in [0, 0.05) is 11.5 Å². The first-order valence-electron chi connectivity index (χ1n) is 3.77. The van der Waals surface area contributed by atoms with E-state index >= 15 is 0 Å². The molecule has 70 valence electrons. The minimum absolute atomic E-state index is 0.155. The Balaban J connectivity index is 3.18. The summed E-state index contributed by atoms with van der Waals surface area (Å²) in [4.78, 5) is 2.55. The standard InChI is InChI=1S/C6H14N4O2/c1-2-11-3-4-12-6(7)5-9-10-8/h6H,2-5,7H2,1H3. The highest BCUT2D eigenvalue weighted by atomic mass is 16.5. The summed E-state index contributed by atoms with van der Waals surface area (Å²) in [6.07, 6.45) is -0.527. The van der Waals surface area contributed by atoms with Crippen LogP contribution in [0.5, 0.6) is 0 Å². The third-order valence-corrected chi connectivity index (χ3v) is 1.09. The first-order chi connectivity index (χ1) is 5.81. The lowest BCUT2D eigenvalue weighted by atomic mass is 10.6. The van der Waals surface area contributed by atoms with E-state index in [-0.39, 0.29) is 6.54 Å². The van der Waals surface area contributed by atoms with Gasteiger partial charge in [-0.15, -0.1) is 0 Å².